The van der Waals surface area contributed by atoms with E-state index in [9.17, 15) is 9.18 Å². The lowest BCUT2D eigenvalue weighted by Crippen LogP contribution is -2.14. The fourth-order valence-corrected chi connectivity index (χ4v) is 2.17. The average Bonchev–Trinajstić information content (AvgIpc) is 2.39. The molecule has 0 fully saturated rings. The summed E-state index contributed by atoms with van der Waals surface area (Å²) in [4.78, 5) is 18.6. The molecule has 0 bridgehead atoms. The molecule has 96 valence electrons. The average molecular weight is 275 g/mol. The number of thioether (sulfide) groups is 1. The number of hydrogen-bond acceptors (Lipinski definition) is 4. The molecular formula is C13H10FN3OS. The number of nitrogens with zero attached hydrogens (tertiary/aromatic N) is 2. The largest absolute Gasteiger partial charge is 0.300 e. The summed E-state index contributed by atoms with van der Waals surface area (Å²) in [6, 6.07) is 7.37. The molecule has 0 radical (unpaired) electrons. The number of nitriles is 1. The van der Waals surface area contributed by atoms with E-state index in [0.29, 0.717) is 10.7 Å². The van der Waals surface area contributed by atoms with Crippen LogP contribution in [0.2, 0.25) is 0 Å². The quantitative estimate of drug-likeness (QED) is 0.690. The van der Waals surface area contributed by atoms with Gasteiger partial charge in [0.05, 0.1) is 5.69 Å². The molecule has 0 unspecified atom stereocenters. The van der Waals surface area contributed by atoms with E-state index in [-0.39, 0.29) is 17.1 Å². The number of rotatable bonds is 3. The lowest BCUT2D eigenvalue weighted by Gasteiger charge is -2.05. The molecule has 0 atom stereocenters. The highest BCUT2D eigenvalue weighted by Gasteiger charge is 2.13. The van der Waals surface area contributed by atoms with E-state index in [0.717, 1.165) is 5.75 Å². The topological polar surface area (TPSA) is 69.5 Å². The van der Waals surface area contributed by atoms with E-state index in [1.54, 1.807) is 0 Å². The first kappa shape index (κ1) is 13.3. The third-order valence-electron chi connectivity index (χ3n) is 2.41. The molecule has 0 aliphatic carbocycles. The van der Waals surface area contributed by atoms with Gasteiger partial charge in [0, 0.05) is 5.56 Å². The monoisotopic (exact) mass is 275 g/mol. The van der Waals surface area contributed by atoms with Crippen LogP contribution < -0.4 is 5.56 Å². The van der Waals surface area contributed by atoms with Crippen molar-refractivity contribution in [2.24, 2.45) is 0 Å². The molecular weight excluding hydrogens is 265 g/mol. The van der Waals surface area contributed by atoms with E-state index in [4.69, 9.17) is 5.26 Å². The third kappa shape index (κ3) is 2.83. The predicted octanol–water partition coefficient (Wildman–Crippen LogP) is 2.56. The summed E-state index contributed by atoms with van der Waals surface area (Å²) in [5.41, 5.74) is 0.282. The van der Waals surface area contributed by atoms with Crippen molar-refractivity contribution < 1.29 is 4.39 Å². The van der Waals surface area contributed by atoms with E-state index < -0.39 is 5.56 Å². The van der Waals surface area contributed by atoms with Crippen molar-refractivity contribution in [3.05, 3.63) is 46.0 Å². The predicted molar refractivity (Wildman–Crippen MR) is 71.4 cm³/mol. The number of aromatic amines is 1. The minimum absolute atomic E-state index is 0.0629. The molecule has 2 rings (SSSR count). The van der Waals surface area contributed by atoms with Crippen LogP contribution in [0.5, 0.6) is 0 Å². The molecule has 19 heavy (non-hydrogen) atoms. The van der Waals surface area contributed by atoms with Crippen LogP contribution in [0.1, 0.15) is 12.5 Å². The van der Waals surface area contributed by atoms with Gasteiger partial charge in [-0.1, -0.05) is 18.7 Å². The van der Waals surface area contributed by atoms with Crippen LogP contribution in [-0.4, -0.2) is 15.7 Å². The first-order valence-electron chi connectivity index (χ1n) is 5.59. The van der Waals surface area contributed by atoms with Gasteiger partial charge in [0.15, 0.2) is 5.16 Å². The number of H-pyrrole nitrogens is 1. The Morgan fingerprint density at radius 2 is 2.11 bits per heavy atom. The first-order valence-corrected chi connectivity index (χ1v) is 6.57. The lowest BCUT2D eigenvalue weighted by atomic mass is 10.1. The molecule has 6 heteroatoms. The van der Waals surface area contributed by atoms with Gasteiger partial charge >= 0.3 is 0 Å². The molecule has 0 saturated heterocycles. The number of aromatic nitrogens is 2. The summed E-state index contributed by atoms with van der Waals surface area (Å²) in [6.45, 7) is 1.93. The summed E-state index contributed by atoms with van der Waals surface area (Å²) in [7, 11) is 0. The zero-order valence-electron chi connectivity index (χ0n) is 10.1. The van der Waals surface area contributed by atoms with Crippen molar-refractivity contribution >= 4 is 11.8 Å². The van der Waals surface area contributed by atoms with Crippen molar-refractivity contribution in [2.45, 2.75) is 12.1 Å². The molecule has 1 aromatic carbocycles. The highest BCUT2D eigenvalue weighted by atomic mass is 32.2. The fourth-order valence-electron chi connectivity index (χ4n) is 1.58. The minimum Gasteiger partial charge on any atom is -0.300 e. The number of nitrogens with one attached hydrogen (secondary N) is 1. The maximum absolute atomic E-state index is 12.9. The Morgan fingerprint density at radius 1 is 1.42 bits per heavy atom. The second-order valence-electron chi connectivity index (χ2n) is 3.65. The second-order valence-corrected chi connectivity index (χ2v) is 4.90. The molecule has 1 heterocycles. The minimum atomic E-state index is -0.479. The highest BCUT2D eigenvalue weighted by molar-refractivity contribution is 7.99. The van der Waals surface area contributed by atoms with Crippen molar-refractivity contribution in [2.75, 3.05) is 5.75 Å². The summed E-state index contributed by atoms with van der Waals surface area (Å²) in [5.74, 6) is 0.368. The van der Waals surface area contributed by atoms with Gasteiger partial charge in [0.25, 0.3) is 5.56 Å². The van der Waals surface area contributed by atoms with E-state index in [1.165, 1.54) is 36.0 Å². The molecule has 1 aromatic heterocycles. The number of benzene rings is 1. The molecule has 0 aliphatic rings. The summed E-state index contributed by atoms with van der Waals surface area (Å²) < 4.78 is 12.9. The lowest BCUT2D eigenvalue weighted by molar-refractivity contribution is 0.628. The Bertz CT molecular complexity index is 689. The van der Waals surface area contributed by atoms with Crippen LogP contribution in [0.3, 0.4) is 0 Å². The molecule has 2 aromatic rings. The normalized spacial score (nSPS) is 10.2. The van der Waals surface area contributed by atoms with E-state index in [2.05, 4.69) is 9.97 Å². The van der Waals surface area contributed by atoms with Gasteiger partial charge in [0.2, 0.25) is 0 Å². The van der Waals surface area contributed by atoms with Gasteiger partial charge < -0.3 is 4.98 Å². The van der Waals surface area contributed by atoms with Crippen molar-refractivity contribution in [3.63, 3.8) is 0 Å². The van der Waals surface area contributed by atoms with Crippen molar-refractivity contribution in [3.8, 4) is 17.3 Å². The first-order chi connectivity index (χ1) is 9.15. The van der Waals surface area contributed by atoms with Crippen LogP contribution in [0.25, 0.3) is 11.3 Å². The van der Waals surface area contributed by atoms with Crippen LogP contribution in [0.15, 0.2) is 34.2 Å². The Balaban J connectivity index is 2.63. The van der Waals surface area contributed by atoms with E-state index in [1.807, 2.05) is 13.0 Å². The third-order valence-corrected chi connectivity index (χ3v) is 3.16. The molecule has 0 amide bonds. The van der Waals surface area contributed by atoms with Crippen LogP contribution >= 0.6 is 11.8 Å². The zero-order chi connectivity index (χ0) is 13.8. The smallest absolute Gasteiger partial charge is 0.270 e. The zero-order valence-corrected chi connectivity index (χ0v) is 10.9. The van der Waals surface area contributed by atoms with Crippen LogP contribution in [0, 0.1) is 17.1 Å². The molecule has 1 N–H and O–H groups in total. The summed E-state index contributed by atoms with van der Waals surface area (Å²) in [5, 5.41) is 9.49. The highest BCUT2D eigenvalue weighted by Crippen LogP contribution is 2.21. The van der Waals surface area contributed by atoms with Gasteiger partial charge in [-0.15, -0.1) is 0 Å². The summed E-state index contributed by atoms with van der Waals surface area (Å²) >= 11 is 1.37. The number of halogens is 1. The van der Waals surface area contributed by atoms with Crippen molar-refractivity contribution in [1.82, 2.24) is 9.97 Å². The standard InChI is InChI=1S/C13H10FN3OS/c1-2-19-13-16-11(10(7-15)12(18)17-13)8-3-5-9(14)6-4-8/h3-6H,2H2,1H3,(H,16,17,18). The molecule has 0 spiro atoms. The van der Waals surface area contributed by atoms with Gasteiger partial charge in [-0.2, -0.15) is 5.26 Å². The Morgan fingerprint density at radius 3 is 2.68 bits per heavy atom. The van der Waals surface area contributed by atoms with Gasteiger partial charge in [-0.05, 0) is 30.0 Å². The number of hydrogen-bond donors (Lipinski definition) is 1. The molecule has 0 aliphatic heterocycles. The second kappa shape index (κ2) is 5.67. The fraction of sp³-hybridized carbons (Fsp3) is 0.154. The molecule has 4 nitrogen and oxygen atoms in total. The van der Waals surface area contributed by atoms with Gasteiger partial charge in [0.1, 0.15) is 17.4 Å². The van der Waals surface area contributed by atoms with E-state index >= 15 is 0 Å². The van der Waals surface area contributed by atoms with Crippen LogP contribution in [-0.2, 0) is 0 Å². The Hall–Kier alpha value is -2.13. The molecule has 0 saturated carbocycles. The summed E-state index contributed by atoms with van der Waals surface area (Å²) in [6.07, 6.45) is 0. The Kier molecular flexibility index (Phi) is 3.97. The van der Waals surface area contributed by atoms with Crippen molar-refractivity contribution in [1.29, 1.82) is 5.26 Å². The SMILES string of the molecule is CCSc1nc(-c2ccc(F)cc2)c(C#N)c(=O)[nH]1. The van der Waals surface area contributed by atoms with Crippen LogP contribution in [0.4, 0.5) is 4.39 Å². The maximum Gasteiger partial charge on any atom is 0.270 e. The van der Waals surface area contributed by atoms with Gasteiger partial charge in [-0.25, -0.2) is 9.37 Å². The maximum atomic E-state index is 12.9. The Labute approximate surface area is 113 Å². The van der Waals surface area contributed by atoms with Gasteiger partial charge in [-0.3, -0.25) is 4.79 Å².